The van der Waals surface area contributed by atoms with Crippen LogP contribution in [0.15, 0.2) is 72.8 Å². The van der Waals surface area contributed by atoms with Crippen molar-refractivity contribution in [3.63, 3.8) is 0 Å². The smallest absolute Gasteiger partial charge is 0.228 e. The molecule has 1 aromatic heterocycles. The van der Waals surface area contributed by atoms with E-state index in [0.29, 0.717) is 13.0 Å². The molecule has 4 nitrogen and oxygen atoms in total. The van der Waals surface area contributed by atoms with Gasteiger partial charge in [0, 0.05) is 11.3 Å². The van der Waals surface area contributed by atoms with Crippen molar-refractivity contribution in [2.45, 2.75) is 13.3 Å². The number of benzene rings is 3. The molecule has 0 spiro atoms. The topological polar surface area (TPSA) is 51.2 Å². The van der Waals surface area contributed by atoms with Crippen LogP contribution in [0.4, 0.5) is 5.69 Å². The lowest BCUT2D eigenvalue weighted by Gasteiger charge is -2.07. The number of amides is 1. The molecule has 0 bridgehead atoms. The van der Waals surface area contributed by atoms with Crippen LogP contribution in [-0.2, 0) is 11.2 Å². The second-order valence-corrected chi connectivity index (χ2v) is 7.40. The second kappa shape index (κ2) is 8.23. The van der Waals surface area contributed by atoms with Crippen LogP contribution in [0.2, 0.25) is 0 Å². The standard InChI is InChI=1S/C23H20N2O2S/c1-2-27-19-13-7-16(8-14-19)15-22(26)24-18-11-9-17(10-12-18)23-25-20-5-3-4-6-21(20)28-23/h3-14H,2,15H2,1H3,(H,24,26). The minimum atomic E-state index is -0.0445. The Hall–Kier alpha value is -3.18. The zero-order valence-electron chi connectivity index (χ0n) is 15.5. The summed E-state index contributed by atoms with van der Waals surface area (Å²) >= 11 is 1.67. The van der Waals surface area contributed by atoms with E-state index in [4.69, 9.17) is 4.74 Å². The number of aromatic nitrogens is 1. The molecule has 0 atom stereocenters. The molecule has 28 heavy (non-hydrogen) atoms. The van der Waals surface area contributed by atoms with Gasteiger partial charge in [-0.2, -0.15) is 0 Å². The van der Waals surface area contributed by atoms with Crippen molar-refractivity contribution in [1.29, 1.82) is 0 Å². The summed E-state index contributed by atoms with van der Waals surface area (Å²) in [5.74, 6) is 0.772. The Bertz CT molecular complexity index is 1050. The zero-order chi connectivity index (χ0) is 19.3. The van der Waals surface area contributed by atoms with Gasteiger partial charge >= 0.3 is 0 Å². The maximum Gasteiger partial charge on any atom is 0.228 e. The molecule has 1 amide bonds. The first kappa shape index (κ1) is 18.2. The van der Waals surface area contributed by atoms with Gasteiger partial charge in [0.2, 0.25) is 5.91 Å². The van der Waals surface area contributed by atoms with Crippen LogP contribution < -0.4 is 10.1 Å². The van der Waals surface area contributed by atoms with Crippen molar-refractivity contribution in [2.75, 3.05) is 11.9 Å². The number of carbonyl (C=O) groups excluding carboxylic acids is 1. The predicted molar refractivity (Wildman–Crippen MR) is 115 cm³/mol. The van der Waals surface area contributed by atoms with Gasteiger partial charge in [-0.1, -0.05) is 24.3 Å². The van der Waals surface area contributed by atoms with E-state index in [9.17, 15) is 4.79 Å². The van der Waals surface area contributed by atoms with Crippen molar-refractivity contribution in [1.82, 2.24) is 4.98 Å². The largest absolute Gasteiger partial charge is 0.494 e. The molecule has 3 aromatic carbocycles. The number of hydrogen-bond donors (Lipinski definition) is 1. The van der Waals surface area contributed by atoms with Crippen molar-refractivity contribution >= 4 is 33.1 Å². The van der Waals surface area contributed by atoms with E-state index in [1.54, 1.807) is 11.3 Å². The average molecular weight is 388 g/mol. The summed E-state index contributed by atoms with van der Waals surface area (Å²) in [6, 6.07) is 23.5. The van der Waals surface area contributed by atoms with E-state index < -0.39 is 0 Å². The monoisotopic (exact) mass is 388 g/mol. The third kappa shape index (κ3) is 4.21. The van der Waals surface area contributed by atoms with Gasteiger partial charge in [0.05, 0.1) is 23.2 Å². The van der Waals surface area contributed by atoms with Gasteiger partial charge < -0.3 is 10.1 Å². The number of carbonyl (C=O) groups is 1. The fourth-order valence-corrected chi connectivity index (χ4v) is 3.92. The van der Waals surface area contributed by atoms with Crippen LogP contribution in [0.1, 0.15) is 12.5 Å². The summed E-state index contributed by atoms with van der Waals surface area (Å²) in [6.45, 7) is 2.58. The molecule has 4 rings (SSSR count). The number of nitrogens with one attached hydrogen (secondary N) is 1. The van der Waals surface area contributed by atoms with E-state index >= 15 is 0 Å². The van der Waals surface area contributed by atoms with Crippen molar-refractivity contribution in [3.05, 3.63) is 78.4 Å². The summed E-state index contributed by atoms with van der Waals surface area (Å²) in [7, 11) is 0. The van der Waals surface area contributed by atoms with Crippen LogP contribution in [0.3, 0.4) is 0 Å². The highest BCUT2D eigenvalue weighted by Gasteiger charge is 2.08. The third-order valence-corrected chi connectivity index (χ3v) is 5.39. The first-order valence-corrected chi connectivity index (χ1v) is 10.0. The highest BCUT2D eigenvalue weighted by Crippen LogP contribution is 2.30. The van der Waals surface area contributed by atoms with E-state index in [1.807, 2.05) is 73.7 Å². The Morgan fingerprint density at radius 3 is 2.46 bits per heavy atom. The molecule has 4 aromatic rings. The predicted octanol–water partition coefficient (Wildman–Crippen LogP) is 5.54. The highest BCUT2D eigenvalue weighted by atomic mass is 32.1. The van der Waals surface area contributed by atoms with Crippen LogP contribution in [-0.4, -0.2) is 17.5 Å². The van der Waals surface area contributed by atoms with Gasteiger partial charge in [-0.15, -0.1) is 11.3 Å². The normalized spacial score (nSPS) is 10.8. The minimum Gasteiger partial charge on any atom is -0.494 e. The average Bonchev–Trinajstić information content (AvgIpc) is 3.14. The summed E-state index contributed by atoms with van der Waals surface area (Å²) < 4.78 is 6.60. The molecule has 0 aliphatic rings. The Labute approximate surface area is 167 Å². The van der Waals surface area contributed by atoms with Crippen molar-refractivity contribution in [3.8, 4) is 16.3 Å². The first-order valence-electron chi connectivity index (χ1n) is 9.19. The zero-order valence-corrected chi connectivity index (χ0v) is 16.3. The maximum atomic E-state index is 12.3. The Morgan fingerprint density at radius 2 is 1.75 bits per heavy atom. The number of hydrogen-bond acceptors (Lipinski definition) is 4. The molecule has 0 saturated carbocycles. The lowest BCUT2D eigenvalue weighted by molar-refractivity contribution is -0.115. The summed E-state index contributed by atoms with van der Waals surface area (Å²) in [5, 5.41) is 3.93. The first-order chi connectivity index (χ1) is 13.7. The van der Waals surface area contributed by atoms with E-state index in [2.05, 4.69) is 16.4 Å². The fraction of sp³-hybridized carbons (Fsp3) is 0.130. The minimum absolute atomic E-state index is 0.0445. The fourth-order valence-electron chi connectivity index (χ4n) is 2.95. The number of anilines is 1. The van der Waals surface area contributed by atoms with Crippen LogP contribution in [0.5, 0.6) is 5.75 Å². The molecule has 0 saturated heterocycles. The van der Waals surface area contributed by atoms with Crippen LogP contribution in [0.25, 0.3) is 20.8 Å². The number of ether oxygens (including phenoxy) is 1. The molecule has 5 heteroatoms. The van der Waals surface area contributed by atoms with E-state index in [1.165, 1.54) is 4.70 Å². The molecule has 140 valence electrons. The molecule has 0 radical (unpaired) electrons. The van der Waals surface area contributed by atoms with Gasteiger partial charge in [0.1, 0.15) is 10.8 Å². The molecule has 1 heterocycles. The highest BCUT2D eigenvalue weighted by molar-refractivity contribution is 7.21. The molecule has 1 N–H and O–H groups in total. The van der Waals surface area contributed by atoms with Crippen LogP contribution >= 0.6 is 11.3 Å². The third-order valence-electron chi connectivity index (χ3n) is 4.31. The second-order valence-electron chi connectivity index (χ2n) is 6.37. The number of rotatable bonds is 6. The number of thiazole rings is 1. The SMILES string of the molecule is CCOc1ccc(CC(=O)Nc2ccc(-c3nc4ccccc4s3)cc2)cc1. The lowest BCUT2D eigenvalue weighted by atomic mass is 10.1. The van der Waals surface area contributed by atoms with Gasteiger partial charge in [-0.05, 0) is 61.0 Å². The lowest BCUT2D eigenvalue weighted by Crippen LogP contribution is -2.14. The molecular weight excluding hydrogens is 368 g/mol. The summed E-state index contributed by atoms with van der Waals surface area (Å²) in [5.41, 5.74) is 3.79. The molecular formula is C23H20N2O2S. The number of nitrogens with zero attached hydrogens (tertiary/aromatic N) is 1. The summed E-state index contributed by atoms with van der Waals surface area (Å²) in [4.78, 5) is 17.0. The Kier molecular flexibility index (Phi) is 5.35. The maximum absolute atomic E-state index is 12.3. The van der Waals surface area contributed by atoms with Crippen molar-refractivity contribution < 1.29 is 9.53 Å². The van der Waals surface area contributed by atoms with Gasteiger partial charge in [0.25, 0.3) is 0 Å². The molecule has 0 aliphatic heterocycles. The van der Waals surface area contributed by atoms with Crippen LogP contribution in [0, 0.1) is 0 Å². The molecule has 0 fully saturated rings. The van der Waals surface area contributed by atoms with E-state index in [0.717, 1.165) is 33.1 Å². The quantitative estimate of drug-likeness (QED) is 0.472. The Balaban J connectivity index is 1.40. The van der Waals surface area contributed by atoms with Gasteiger partial charge in [-0.3, -0.25) is 4.79 Å². The Morgan fingerprint density at radius 1 is 1.00 bits per heavy atom. The summed E-state index contributed by atoms with van der Waals surface area (Å²) in [6.07, 6.45) is 0.325. The van der Waals surface area contributed by atoms with E-state index in [-0.39, 0.29) is 5.91 Å². The molecule has 0 unspecified atom stereocenters. The number of fused-ring (bicyclic) bond motifs is 1. The van der Waals surface area contributed by atoms with Gasteiger partial charge in [-0.25, -0.2) is 4.98 Å². The number of para-hydroxylation sites is 1. The van der Waals surface area contributed by atoms with Gasteiger partial charge in [0.15, 0.2) is 0 Å². The molecule has 0 aliphatic carbocycles. The van der Waals surface area contributed by atoms with Crippen molar-refractivity contribution in [2.24, 2.45) is 0 Å².